The van der Waals surface area contributed by atoms with Gasteiger partial charge in [0.1, 0.15) is 11.5 Å². The summed E-state index contributed by atoms with van der Waals surface area (Å²) in [7, 11) is 1.61. The number of amides is 1. The number of ether oxygens (including phenoxy) is 2. The van der Waals surface area contributed by atoms with Crippen LogP contribution < -0.4 is 14.8 Å². The van der Waals surface area contributed by atoms with E-state index in [1.807, 2.05) is 62.4 Å². The maximum absolute atomic E-state index is 13.0. The number of benzene rings is 2. The predicted octanol–water partition coefficient (Wildman–Crippen LogP) is 4.79. The van der Waals surface area contributed by atoms with Crippen LogP contribution in [0.1, 0.15) is 39.2 Å². The SMILES string of the molecule is CCCCOc1ccccc1NC(=O)C(C)(C)c1ccccc1OC. The largest absolute Gasteiger partial charge is 0.496 e. The maximum atomic E-state index is 13.0. The second kappa shape index (κ2) is 8.56. The Hall–Kier alpha value is -2.49. The van der Waals surface area contributed by atoms with E-state index in [0.29, 0.717) is 23.8 Å². The van der Waals surface area contributed by atoms with Gasteiger partial charge in [0.15, 0.2) is 0 Å². The average Bonchev–Trinajstić information content (AvgIpc) is 2.63. The van der Waals surface area contributed by atoms with Crippen LogP contribution in [0.5, 0.6) is 11.5 Å². The second-order valence-electron chi connectivity index (χ2n) is 6.48. The standard InChI is InChI=1S/C21H27NO3/c1-5-6-15-25-19-14-10-8-12-17(19)22-20(23)21(2,3)16-11-7-9-13-18(16)24-4/h7-14H,5-6,15H2,1-4H3,(H,22,23). The van der Waals surface area contributed by atoms with Gasteiger partial charge in [0.2, 0.25) is 5.91 Å². The van der Waals surface area contributed by atoms with Crippen molar-refractivity contribution in [3.63, 3.8) is 0 Å². The minimum atomic E-state index is -0.747. The summed E-state index contributed by atoms with van der Waals surface area (Å²) in [5.74, 6) is 1.29. The van der Waals surface area contributed by atoms with Gasteiger partial charge in [-0.25, -0.2) is 0 Å². The minimum Gasteiger partial charge on any atom is -0.496 e. The van der Waals surface area contributed by atoms with E-state index >= 15 is 0 Å². The van der Waals surface area contributed by atoms with Crippen LogP contribution in [0.4, 0.5) is 5.69 Å². The number of carbonyl (C=O) groups excluding carboxylic acids is 1. The third-order valence-corrected chi connectivity index (χ3v) is 4.24. The number of hydrogen-bond donors (Lipinski definition) is 1. The van der Waals surface area contributed by atoms with Crippen molar-refractivity contribution in [1.29, 1.82) is 0 Å². The zero-order chi connectivity index (χ0) is 18.3. The van der Waals surface area contributed by atoms with E-state index in [1.54, 1.807) is 7.11 Å². The van der Waals surface area contributed by atoms with Crippen molar-refractivity contribution in [2.45, 2.75) is 39.0 Å². The van der Waals surface area contributed by atoms with Crippen molar-refractivity contribution in [2.24, 2.45) is 0 Å². The molecule has 4 heteroatoms. The van der Waals surface area contributed by atoms with E-state index in [-0.39, 0.29) is 5.91 Å². The molecule has 2 rings (SSSR count). The minimum absolute atomic E-state index is 0.108. The van der Waals surface area contributed by atoms with E-state index in [0.717, 1.165) is 18.4 Å². The Morgan fingerprint density at radius 3 is 2.36 bits per heavy atom. The summed E-state index contributed by atoms with van der Waals surface area (Å²) in [6.45, 7) is 6.54. The van der Waals surface area contributed by atoms with Gasteiger partial charge in [0.25, 0.3) is 0 Å². The monoisotopic (exact) mass is 341 g/mol. The van der Waals surface area contributed by atoms with Gasteiger partial charge in [-0.2, -0.15) is 0 Å². The molecule has 0 fully saturated rings. The lowest BCUT2D eigenvalue weighted by atomic mass is 9.83. The van der Waals surface area contributed by atoms with Crippen LogP contribution in [-0.4, -0.2) is 19.6 Å². The fourth-order valence-electron chi connectivity index (χ4n) is 2.58. The molecule has 0 aliphatic rings. The van der Waals surface area contributed by atoms with Crippen LogP contribution in [0.3, 0.4) is 0 Å². The molecule has 0 radical (unpaired) electrons. The van der Waals surface area contributed by atoms with E-state index in [1.165, 1.54) is 0 Å². The number of rotatable bonds is 8. The molecule has 2 aromatic rings. The molecule has 2 aromatic carbocycles. The number of unbranched alkanes of at least 4 members (excludes halogenated alkanes) is 1. The molecule has 0 bridgehead atoms. The third-order valence-electron chi connectivity index (χ3n) is 4.24. The molecule has 0 unspecified atom stereocenters. The molecule has 0 spiro atoms. The lowest BCUT2D eigenvalue weighted by molar-refractivity contribution is -0.120. The number of carbonyl (C=O) groups is 1. The molecule has 0 aromatic heterocycles. The Morgan fingerprint density at radius 2 is 1.68 bits per heavy atom. The molecule has 0 heterocycles. The van der Waals surface area contributed by atoms with Crippen molar-refractivity contribution in [1.82, 2.24) is 0 Å². The highest BCUT2D eigenvalue weighted by Crippen LogP contribution is 2.33. The Balaban J connectivity index is 2.21. The van der Waals surface area contributed by atoms with E-state index in [9.17, 15) is 4.79 Å². The van der Waals surface area contributed by atoms with E-state index in [4.69, 9.17) is 9.47 Å². The second-order valence-corrected chi connectivity index (χ2v) is 6.48. The summed E-state index contributed by atoms with van der Waals surface area (Å²) in [5.41, 5.74) is 0.786. The Labute approximate surface area is 150 Å². The van der Waals surface area contributed by atoms with Crippen LogP contribution in [0.25, 0.3) is 0 Å². The van der Waals surface area contributed by atoms with Crippen molar-refractivity contribution in [3.8, 4) is 11.5 Å². The molecule has 0 saturated heterocycles. The summed E-state index contributed by atoms with van der Waals surface area (Å²) in [6.07, 6.45) is 2.05. The number of para-hydroxylation sites is 3. The highest BCUT2D eigenvalue weighted by Gasteiger charge is 2.33. The lowest BCUT2D eigenvalue weighted by Crippen LogP contribution is -2.35. The number of methoxy groups -OCH3 is 1. The normalized spacial score (nSPS) is 11.0. The molecule has 134 valence electrons. The molecule has 4 nitrogen and oxygen atoms in total. The van der Waals surface area contributed by atoms with Crippen molar-refractivity contribution < 1.29 is 14.3 Å². The first-order valence-corrected chi connectivity index (χ1v) is 8.67. The van der Waals surface area contributed by atoms with Crippen LogP contribution in [0, 0.1) is 0 Å². The lowest BCUT2D eigenvalue weighted by Gasteiger charge is -2.26. The summed E-state index contributed by atoms with van der Waals surface area (Å²) in [5, 5.41) is 3.01. The molecule has 1 amide bonds. The molecule has 25 heavy (non-hydrogen) atoms. The summed E-state index contributed by atoms with van der Waals surface area (Å²) in [6, 6.07) is 15.1. The fraction of sp³-hybridized carbons (Fsp3) is 0.381. The Morgan fingerprint density at radius 1 is 1.04 bits per heavy atom. The van der Waals surface area contributed by atoms with Crippen molar-refractivity contribution in [3.05, 3.63) is 54.1 Å². The Bertz CT molecular complexity index is 710. The van der Waals surface area contributed by atoms with Gasteiger partial charge in [-0.1, -0.05) is 43.7 Å². The Kier molecular flexibility index (Phi) is 6.45. The quantitative estimate of drug-likeness (QED) is 0.702. The molecular formula is C21H27NO3. The fourth-order valence-corrected chi connectivity index (χ4v) is 2.58. The van der Waals surface area contributed by atoms with Crippen molar-refractivity contribution in [2.75, 3.05) is 19.0 Å². The summed E-state index contributed by atoms with van der Waals surface area (Å²) >= 11 is 0. The molecule has 0 saturated carbocycles. The maximum Gasteiger partial charge on any atom is 0.234 e. The van der Waals surface area contributed by atoms with Crippen LogP contribution in [0.2, 0.25) is 0 Å². The molecule has 0 aliphatic carbocycles. The average molecular weight is 341 g/mol. The number of anilines is 1. The highest BCUT2D eigenvalue weighted by atomic mass is 16.5. The van der Waals surface area contributed by atoms with Crippen molar-refractivity contribution >= 4 is 11.6 Å². The smallest absolute Gasteiger partial charge is 0.234 e. The summed E-state index contributed by atoms with van der Waals surface area (Å²) in [4.78, 5) is 13.0. The molecule has 0 aliphatic heterocycles. The molecule has 1 N–H and O–H groups in total. The highest BCUT2D eigenvalue weighted by molar-refractivity contribution is 6.00. The van der Waals surface area contributed by atoms with Crippen LogP contribution in [-0.2, 0) is 10.2 Å². The van der Waals surface area contributed by atoms with E-state index in [2.05, 4.69) is 12.2 Å². The van der Waals surface area contributed by atoms with Crippen LogP contribution in [0.15, 0.2) is 48.5 Å². The first kappa shape index (κ1) is 18.8. The summed E-state index contributed by atoms with van der Waals surface area (Å²) < 4.78 is 11.2. The zero-order valence-electron chi connectivity index (χ0n) is 15.5. The third kappa shape index (κ3) is 4.53. The topological polar surface area (TPSA) is 47.6 Å². The van der Waals surface area contributed by atoms with E-state index < -0.39 is 5.41 Å². The molecular weight excluding hydrogens is 314 g/mol. The van der Waals surface area contributed by atoms with Crippen LogP contribution >= 0.6 is 0 Å². The number of hydrogen-bond acceptors (Lipinski definition) is 3. The van der Waals surface area contributed by atoms with Gasteiger partial charge in [-0.05, 0) is 38.5 Å². The zero-order valence-corrected chi connectivity index (χ0v) is 15.5. The van der Waals surface area contributed by atoms with Gasteiger partial charge in [-0.3, -0.25) is 4.79 Å². The first-order chi connectivity index (χ1) is 12.0. The van der Waals surface area contributed by atoms with Gasteiger partial charge in [0, 0.05) is 5.56 Å². The van der Waals surface area contributed by atoms with Gasteiger partial charge < -0.3 is 14.8 Å². The predicted molar refractivity (Wildman–Crippen MR) is 101 cm³/mol. The van der Waals surface area contributed by atoms with Gasteiger partial charge >= 0.3 is 0 Å². The van der Waals surface area contributed by atoms with Gasteiger partial charge in [0.05, 0.1) is 24.8 Å². The molecule has 0 atom stereocenters. The van der Waals surface area contributed by atoms with Gasteiger partial charge in [-0.15, -0.1) is 0 Å². The first-order valence-electron chi connectivity index (χ1n) is 8.67. The number of nitrogens with one attached hydrogen (secondary N) is 1.